The number of phenolic OH excluding ortho intramolecular Hbond substituents is 1. The number of rotatable bonds is 3. The van der Waals surface area contributed by atoms with E-state index in [4.69, 9.17) is 0 Å². The average molecular weight is 315 g/mol. The first kappa shape index (κ1) is 15.7. The van der Waals surface area contributed by atoms with E-state index in [0.29, 0.717) is 6.42 Å². The van der Waals surface area contributed by atoms with Crippen molar-refractivity contribution in [1.29, 1.82) is 0 Å². The Kier molecular flexibility index (Phi) is 3.96. The van der Waals surface area contributed by atoms with Crippen molar-refractivity contribution < 1.29 is 28.5 Å². The summed E-state index contributed by atoms with van der Waals surface area (Å²) in [5.41, 5.74) is -1.63. The fourth-order valence-electron chi connectivity index (χ4n) is 2.57. The minimum Gasteiger partial charge on any atom is -0.508 e. The number of carbonyl (C=O) groups is 1. The maximum absolute atomic E-state index is 12.6. The number of carboxylic acid groups (broad SMARTS) is 1. The van der Waals surface area contributed by atoms with Crippen molar-refractivity contribution in [1.82, 2.24) is 4.31 Å². The van der Waals surface area contributed by atoms with Crippen LogP contribution in [-0.4, -0.2) is 52.2 Å². The van der Waals surface area contributed by atoms with Crippen LogP contribution in [0.25, 0.3) is 0 Å². The van der Waals surface area contributed by atoms with Crippen LogP contribution in [0.1, 0.15) is 19.8 Å². The number of nitrogens with zero attached hydrogens (tertiary/aromatic N) is 1. The molecule has 8 heteroatoms. The number of benzene rings is 1. The van der Waals surface area contributed by atoms with Crippen molar-refractivity contribution in [2.24, 2.45) is 0 Å². The summed E-state index contributed by atoms with van der Waals surface area (Å²) in [5, 5.41) is 28.7. The van der Waals surface area contributed by atoms with E-state index in [1.807, 2.05) is 0 Å². The smallest absolute Gasteiger partial charge is 0.325 e. The molecule has 3 N–H and O–H groups in total. The van der Waals surface area contributed by atoms with Gasteiger partial charge in [0, 0.05) is 6.54 Å². The molecule has 0 radical (unpaired) electrons. The van der Waals surface area contributed by atoms with Gasteiger partial charge in [0.1, 0.15) is 5.75 Å². The highest BCUT2D eigenvalue weighted by molar-refractivity contribution is 7.89. The van der Waals surface area contributed by atoms with Crippen LogP contribution in [0.5, 0.6) is 5.75 Å². The predicted molar refractivity (Wildman–Crippen MR) is 73.3 cm³/mol. The summed E-state index contributed by atoms with van der Waals surface area (Å²) >= 11 is 0. The number of piperidine rings is 1. The van der Waals surface area contributed by atoms with E-state index in [1.54, 1.807) is 0 Å². The number of aliphatic hydroxyl groups is 1. The minimum absolute atomic E-state index is 0.0241. The fourth-order valence-corrected chi connectivity index (χ4v) is 4.29. The van der Waals surface area contributed by atoms with Gasteiger partial charge in [0.05, 0.1) is 10.5 Å². The second kappa shape index (κ2) is 5.28. The number of hydrogen-bond acceptors (Lipinski definition) is 5. The Morgan fingerprint density at radius 3 is 2.43 bits per heavy atom. The van der Waals surface area contributed by atoms with Gasteiger partial charge in [-0.3, -0.25) is 4.79 Å². The molecular weight excluding hydrogens is 298 g/mol. The van der Waals surface area contributed by atoms with E-state index in [9.17, 15) is 28.5 Å². The lowest BCUT2D eigenvalue weighted by atomic mass is 9.88. The van der Waals surface area contributed by atoms with Gasteiger partial charge in [-0.15, -0.1) is 0 Å². The second-order valence-corrected chi connectivity index (χ2v) is 7.20. The van der Waals surface area contributed by atoms with E-state index in [-0.39, 0.29) is 23.6 Å². The van der Waals surface area contributed by atoms with Gasteiger partial charge in [0.2, 0.25) is 10.0 Å². The van der Waals surface area contributed by atoms with Gasteiger partial charge < -0.3 is 15.3 Å². The van der Waals surface area contributed by atoms with Gasteiger partial charge in [-0.1, -0.05) is 0 Å². The number of aromatic hydroxyl groups is 1. The van der Waals surface area contributed by atoms with Gasteiger partial charge >= 0.3 is 5.97 Å². The molecule has 2 atom stereocenters. The van der Waals surface area contributed by atoms with Crippen molar-refractivity contribution >= 4 is 16.0 Å². The number of sulfonamides is 1. The average Bonchev–Trinajstić information content (AvgIpc) is 2.37. The Bertz CT molecular complexity index is 637. The molecule has 7 nitrogen and oxygen atoms in total. The molecule has 2 rings (SSSR count). The standard InChI is InChI=1S/C13H17NO6S/c1-13(18)7-2-8-14(11(13)12(16)17)21(19,20)10-5-3-9(15)4-6-10/h3-6,11,15,18H,2,7-8H2,1H3,(H,16,17). The normalized spacial score (nSPS) is 27.4. The van der Waals surface area contributed by atoms with Crippen molar-refractivity contribution in [2.45, 2.75) is 36.3 Å². The predicted octanol–water partition coefficient (Wildman–Crippen LogP) is 0.381. The van der Waals surface area contributed by atoms with E-state index >= 15 is 0 Å². The molecule has 0 amide bonds. The maximum atomic E-state index is 12.6. The van der Waals surface area contributed by atoms with Gasteiger partial charge in [-0.2, -0.15) is 4.31 Å². The van der Waals surface area contributed by atoms with Crippen LogP contribution >= 0.6 is 0 Å². The molecule has 0 bridgehead atoms. The first-order chi connectivity index (χ1) is 9.66. The van der Waals surface area contributed by atoms with Gasteiger partial charge in [-0.25, -0.2) is 8.42 Å². The first-order valence-electron chi connectivity index (χ1n) is 6.42. The highest BCUT2D eigenvalue weighted by Crippen LogP contribution is 2.32. The van der Waals surface area contributed by atoms with Crippen molar-refractivity contribution in [3.05, 3.63) is 24.3 Å². The zero-order chi connectivity index (χ0) is 15.8. The highest BCUT2D eigenvalue weighted by atomic mass is 32.2. The molecule has 1 aliphatic rings. The van der Waals surface area contributed by atoms with Gasteiger partial charge in [-0.05, 0) is 44.0 Å². The third-order valence-electron chi connectivity index (χ3n) is 3.62. The number of aliphatic carboxylic acids is 1. The first-order valence-corrected chi connectivity index (χ1v) is 7.86. The monoisotopic (exact) mass is 315 g/mol. The highest BCUT2D eigenvalue weighted by Gasteiger charge is 2.49. The lowest BCUT2D eigenvalue weighted by molar-refractivity contribution is -0.153. The second-order valence-electron chi connectivity index (χ2n) is 5.31. The quantitative estimate of drug-likeness (QED) is 0.743. The lowest BCUT2D eigenvalue weighted by Crippen LogP contribution is -2.60. The molecule has 2 unspecified atom stereocenters. The molecule has 1 saturated heterocycles. The topological polar surface area (TPSA) is 115 Å². The van der Waals surface area contributed by atoms with Gasteiger partial charge in [0.15, 0.2) is 6.04 Å². The molecule has 116 valence electrons. The van der Waals surface area contributed by atoms with Crippen LogP contribution in [0.2, 0.25) is 0 Å². The zero-order valence-electron chi connectivity index (χ0n) is 11.4. The van der Waals surface area contributed by atoms with E-state index < -0.39 is 27.6 Å². The zero-order valence-corrected chi connectivity index (χ0v) is 12.2. The fraction of sp³-hybridized carbons (Fsp3) is 0.462. The Balaban J connectivity index is 2.46. The van der Waals surface area contributed by atoms with Crippen molar-refractivity contribution in [3.63, 3.8) is 0 Å². The van der Waals surface area contributed by atoms with Crippen LogP contribution in [0, 0.1) is 0 Å². The third kappa shape index (κ3) is 2.87. The molecular formula is C13H17NO6S. The largest absolute Gasteiger partial charge is 0.508 e. The number of phenols is 1. The molecule has 0 aromatic heterocycles. The Morgan fingerprint density at radius 2 is 1.90 bits per heavy atom. The van der Waals surface area contributed by atoms with Crippen LogP contribution < -0.4 is 0 Å². The van der Waals surface area contributed by atoms with E-state index in [2.05, 4.69) is 0 Å². The number of carboxylic acids is 1. The van der Waals surface area contributed by atoms with Crippen LogP contribution in [0.4, 0.5) is 0 Å². The third-order valence-corrected chi connectivity index (χ3v) is 5.49. The molecule has 21 heavy (non-hydrogen) atoms. The molecule has 1 aromatic rings. The summed E-state index contributed by atoms with van der Waals surface area (Å²) in [4.78, 5) is 11.3. The maximum Gasteiger partial charge on any atom is 0.325 e. The Labute approximate surface area is 122 Å². The van der Waals surface area contributed by atoms with Crippen LogP contribution in [0.3, 0.4) is 0 Å². The number of hydrogen-bond donors (Lipinski definition) is 3. The lowest BCUT2D eigenvalue weighted by Gasteiger charge is -2.41. The summed E-state index contributed by atoms with van der Waals surface area (Å²) in [6, 6.07) is 3.29. The molecule has 1 aliphatic heterocycles. The SMILES string of the molecule is CC1(O)CCCN(S(=O)(=O)c2ccc(O)cc2)C1C(=O)O. The summed E-state index contributed by atoms with van der Waals surface area (Å²) < 4.78 is 26.0. The summed E-state index contributed by atoms with van der Waals surface area (Å²) in [7, 11) is -4.06. The summed E-state index contributed by atoms with van der Waals surface area (Å²) in [6.45, 7) is 1.35. The molecule has 1 aromatic carbocycles. The minimum atomic E-state index is -4.06. The summed E-state index contributed by atoms with van der Waals surface area (Å²) in [5.74, 6) is -1.48. The molecule has 0 spiro atoms. The Morgan fingerprint density at radius 1 is 1.33 bits per heavy atom. The van der Waals surface area contributed by atoms with Gasteiger partial charge in [0.25, 0.3) is 0 Å². The van der Waals surface area contributed by atoms with E-state index in [1.165, 1.54) is 31.2 Å². The van der Waals surface area contributed by atoms with Crippen molar-refractivity contribution in [2.75, 3.05) is 6.54 Å². The Hall–Kier alpha value is -1.64. The summed E-state index contributed by atoms with van der Waals surface area (Å²) in [6.07, 6.45) is 0.583. The van der Waals surface area contributed by atoms with Crippen LogP contribution in [-0.2, 0) is 14.8 Å². The van der Waals surface area contributed by atoms with Crippen molar-refractivity contribution in [3.8, 4) is 5.75 Å². The molecule has 1 fully saturated rings. The molecule has 0 saturated carbocycles. The van der Waals surface area contributed by atoms with E-state index in [0.717, 1.165) is 4.31 Å². The molecule has 1 heterocycles. The van der Waals surface area contributed by atoms with Crippen LogP contribution in [0.15, 0.2) is 29.2 Å². The molecule has 0 aliphatic carbocycles.